The van der Waals surface area contributed by atoms with Gasteiger partial charge >= 0.3 is 0 Å². The molecule has 0 bridgehead atoms. The first-order valence-corrected chi connectivity index (χ1v) is 15.7. The number of nitrogens with one attached hydrogen (secondary N) is 1. The van der Waals surface area contributed by atoms with Gasteiger partial charge in [-0.1, -0.05) is 18.6 Å². The summed E-state index contributed by atoms with van der Waals surface area (Å²) in [6.45, 7) is 0.171. The fourth-order valence-corrected chi connectivity index (χ4v) is 9.14. The van der Waals surface area contributed by atoms with E-state index in [1.165, 1.54) is 39.9 Å². The Hall–Kier alpha value is -2.28. The van der Waals surface area contributed by atoms with E-state index in [1.54, 1.807) is 0 Å². The first-order valence-electron chi connectivity index (χ1n) is 11.5. The number of sulfonamides is 1. The molecule has 4 rings (SSSR count). The molecular weight excluding hydrogens is 510 g/mol. The second-order valence-electron chi connectivity index (χ2n) is 9.02. The minimum atomic E-state index is -4.04. The van der Waals surface area contributed by atoms with E-state index < -0.39 is 31.7 Å². The quantitative estimate of drug-likeness (QED) is 0.540. The second-order valence-corrected chi connectivity index (χ2v) is 14.0. The van der Waals surface area contributed by atoms with E-state index in [9.17, 15) is 26.4 Å². The summed E-state index contributed by atoms with van der Waals surface area (Å²) in [5.41, 5.74) is 7.00. The number of aryl methyl sites for hydroxylation is 1. The van der Waals surface area contributed by atoms with Crippen LogP contribution in [0.3, 0.4) is 0 Å². The topological polar surface area (TPSA) is 144 Å². The number of hydrogen-bond acceptors (Lipinski definition) is 7. The Bertz CT molecular complexity index is 1360. The Morgan fingerprint density at radius 1 is 1.00 bits per heavy atom. The predicted molar refractivity (Wildman–Crippen MR) is 134 cm³/mol. The van der Waals surface area contributed by atoms with Crippen LogP contribution in [0, 0.1) is 5.92 Å². The Labute approximate surface area is 209 Å². The van der Waals surface area contributed by atoms with E-state index in [0.29, 0.717) is 10.6 Å². The van der Waals surface area contributed by atoms with Crippen molar-refractivity contribution in [2.75, 3.05) is 24.7 Å². The standard InChI is InChI=1S/C23H29N3O6S3/c1-34(29,30)18-9-5-6-10-19(18)35(31,32)26-13-11-15(12-14-26)22(28)25-23-20(21(24)27)16-7-3-2-4-8-17(16)33-23/h5-6,9-10,15H,2-4,7-8,11-14H2,1H3,(H2,24,27)(H,25,28). The van der Waals surface area contributed by atoms with E-state index in [2.05, 4.69) is 5.32 Å². The van der Waals surface area contributed by atoms with Crippen LogP contribution in [0.5, 0.6) is 0 Å². The molecule has 0 saturated carbocycles. The van der Waals surface area contributed by atoms with Gasteiger partial charge in [-0.25, -0.2) is 16.8 Å². The van der Waals surface area contributed by atoms with Crippen LogP contribution in [0.25, 0.3) is 0 Å². The van der Waals surface area contributed by atoms with Crippen LogP contribution >= 0.6 is 11.3 Å². The van der Waals surface area contributed by atoms with Crippen molar-refractivity contribution in [1.29, 1.82) is 0 Å². The summed E-state index contributed by atoms with van der Waals surface area (Å²) in [5, 5.41) is 3.36. The number of piperidine rings is 1. The van der Waals surface area contributed by atoms with Crippen molar-refractivity contribution in [1.82, 2.24) is 4.31 Å². The molecule has 9 nitrogen and oxygen atoms in total. The number of rotatable bonds is 6. The highest BCUT2D eigenvalue weighted by molar-refractivity contribution is 7.93. The molecule has 2 aromatic rings. The van der Waals surface area contributed by atoms with Gasteiger partial charge in [0.25, 0.3) is 5.91 Å². The molecule has 1 saturated heterocycles. The number of amides is 2. The van der Waals surface area contributed by atoms with Crippen LogP contribution in [0.2, 0.25) is 0 Å². The molecular formula is C23H29N3O6S3. The third kappa shape index (κ3) is 5.30. The van der Waals surface area contributed by atoms with Gasteiger partial charge in [0.1, 0.15) is 9.90 Å². The third-order valence-corrected chi connectivity index (χ3v) is 11.0. The molecule has 0 unspecified atom stereocenters. The Morgan fingerprint density at radius 3 is 2.26 bits per heavy atom. The molecule has 1 aromatic carbocycles. The molecule has 1 aliphatic heterocycles. The normalized spacial score (nSPS) is 18.0. The molecule has 190 valence electrons. The molecule has 1 aliphatic carbocycles. The van der Waals surface area contributed by atoms with Crippen LogP contribution in [0.1, 0.15) is 52.9 Å². The van der Waals surface area contributed by atoms with Crippen molar-refractivity contribution in [2.45, 2.75) is 54.7 Å². The lowest BCUT2D eigenvalue weighted by atomic mass is 9.97. The maximum absolute atomic E-state index is 13.2. The van der Waals surface area contributed by atoms with Crippen molar-refractivity contribution < 1.29 is 26.4 Å². The summed E-state index contributed by atoms with van der Waals surface area (Å²) >= 11 is 1.41. The SMILES string of the molecule is CS(=O)(=O)c1ccccc1S(=O)(=O)N1CCC(C(=O)Nc2sc3c(c2C(N)=O)CCCCC3)CC1. The molecule has 12 heteroatoms. The predicted octanol–water partition coefficient (Wildman–Crippen LogP) is 2.56. The molecule has 2 aliphatic rings. The lowest BCUT2D eigenvalue weighted by molar-refractivity contribution is -0.120. The van der Waals surface area contributed by atoms with E-state index >= 15 is 0 Å². The van der Waals surface area contributed by atoms with E-state index in [-0.39, 0.29) is 41.6 Å². The van der Waals surface area contributed by atoms with Crippen molar-refractivity contribution in [3.63, 3.8) is 0 Å². The highest BCUT2D eigenvalue weighted by atomic mass is 32.2. The molecule has 35 heavy (non-hydrogen) atoms. The lowest BCUT2D eigenvalue weighted by Crippen LogP contribution is -2.41. The largest absolute Gasteiger partial charge is 0.365 e. The van der Waals surface area contributed by atoms with Crippen molar-refractivity contribution in [3.05, 3.63) is 40.3 Å². The van der Waals surface area contributed by atoms with Gasteiger partial charge in [-0.2, -0.15) is 4.31 Å². The maximum Gasteiger partial charge on any atom is 0.251 e. The number of nitrogens with zero attached hydrogens (tertiary/aromatic N) is 1. The zero-order valence-corrected chi connectivity index (χ0v) is 21.9. The monoisotopic (exact) mass is 539 g/mol. The number of fused-ring (bicyclic) bond motifs is 1. The van der Waals surface area contributed by atoms with Crippen LogP contribution in [0.4, 0.5) is 5.00 Å². The highest BCUT2D eigenvalue weighted by Crippen LogP contribution is 2.38. The van der Waals surface area contributed by atoms with Crippen molar-refractivity contribution in [2.24, 2.45) is 11.7 Å². The van der Waals surface area contributed by atoms with Crippen LogP contribution < -0.4 is 11.1 Å². The van der Waals surface area contributed by atoms with Crippen molar-refractivity contribution >= 4 is 48.0 Å². The van der Waals surface area contributed by atoms with Gasteiger partial charge < -0.3 is 11.1 Å². The highest BCUT2D eigenvalue weighted by Gasteiger charge is 2.35. The first-order chi connectivity index (χ1) is 16.5. The van der Waals surface area contributed by atoms with Crippen LogP contribution in [-0.2, 0) is 37.5 Å². The van der Waals surface area contributed by atoms with Gasteiger partial charge in [-0.05, 0) is 56.2 Å². The summed E-state index contributed by atoms with van der Waals surface area (Å²) in [6.07, 6.45) is 6.28. The molecule has 0 spiro atoms. The van der Waals surface area contributed by atoms with Gasteiger partial charge in [0.2, 0.25) is 15.9 Å². The summed E-state index contributed by atoms with van der Waals surface area (Å²) in [4.78, 5) is 25.8. The van der Waals surface area contributed by atoms with Crippen LogP contribution in [0.15, 0.2) is 34.1 Å². The van der Waals surface area contributed by atoms with E-state index in [0.717, 1.165) is 48.8 Å². The number of carbonyl (C=O) groups is 2. The number of hydrogen-bond donors (Lipinski definition) is 2. The molecule has 0 radical (unpaired) electrons. The number of carbonyl (C=O) groups excluding carboxylic acids is 2. The molecule has 3 N–H and O–H groups in total. The van der Waals surface area contributed by atoms with E-state index in [4.69, 9.17) is 5.73 Å². The molecule has 1 aromatic heterocycles. The molecule has 0 atom stereocenters. The summed E-state index contributed by atoms with van der Waals surface area (Å²) in [5.74, 6) is -1.25. The molecule has 2 amide bonds. The summed E-state index contributed by atoms with van der Waals surface area (Å²) in [7, 11) is -7.78. The fourth-order valence-electron chi connectivity index (χ4n) is 4.77. The Kier molecular flexibility index (Phi) is 7.37. The number of anilines is 1. The smallest absolute Gasteiger partial charge is 0.251 e. The average molecular weight is 540 g/mol. The third-order valence-electron chi connectivity index (χ3n) is 6.60. The first kappa shape index (κ1) is 25.8. The van der Waals surface area contributed by atoms with Crippen molar-refractivity contribution in [3.8, 4) is 0 Å². The van der Waals surface area contributed by atoms with Crippen LogP contribution in [-0.4, -0.2) is 52.3 Å². The van der Waals surface area contributed by atoms with Gasteiger partial charge in [0, 0.05) is 30.1 Å². The zero-order chi connectivity index (χ0) is 25.4. The lowest BCUT2D eigenvalue weighted by Gasteiger charge is -2.30. The van der Waals surface area contributed by atoms with Gasteiger partial charge in [0.05, 0.1) is 10.5 Å². The zero-order valence-electron chi connectivity index (χ0n) is 19.4. The summed E-state index contributed by atoms with van der Waals surface area (Å²) < 4.78 is 51.8. The van der Waals surface area contributed by atoms with Gasteiger partial charge in [-0.3, -0.25) is 9.59 Å². The average Bonchev–Trinajstić information content (AvgIpc) is 2.99. The van der Waals surface area contributed by atoms with E-state index in [1.807, 2.05) is 0 Å². The second kappa shape index (κ2) is 10.00. The molecule has 2 heterocycles. The minimum absolute atomic E-state index is 0.0854. The number of primary amides is 1. The number of sulfone groups is 1. The van der Waals surface area contributed by atoms with Gasteiger partial charge in [-0.15, -0.1) is 11.3 Å². The Morgan fingerprint density at radius 2 is 1.63 bits per heavy atom. The number of thiophene rings is 1. The Balaban J connectivity index is 1.48. The number of benzene rings is 1. The minimum Gasteiger partial charge on any atom is -0.365 e. The maximum atomic E-state index is 13.2. The van der Waals surface area contributed by atoms with Gasteiger partial charge in [0.15, 0.2) is 9.84 Å². The molecule has 1 fully saturated rings. The number of nitrogens with two attached hydrogens (primary N) is 1. The fraction of sp³-hybridized carbons (Fsp3) is 0.478. The summed E-state index contributed by atoms with van der Waals surface area (Å²) in [6, 6.07) is 5.54.